The predicted molar refractivity (Wildman–Crippen MR) is 270 cm³/mol. The van der Waals surface area contributed by atoms with Crippen LogP contribution in [0.1, 0.15) is 0 Å². The fourth-order valence-corrected chi connectivity index (χ4v) is 11.2. The smallest absolute Gasteiger partial charge is 0.0555 e. The van der Waals surface area contributed by atoms with E-state index in [1.807, 2.05) is 11.3 Å². The highest BCUT2D eigenvalue weighted by Gasteiger charge is 2.20. The number of benzene rings is 10. The van der Waals surface area contributed by atoms with E-state index in [1.165, 1.54) is 114 Å². The SMILES string of the molecule is c1ccc(-c2ccc(-c3cccc4c3c3cc(-c5ccc6c(c5)c5ccccc5n6-c5cccc6sc7ccccc7c56)ccc3n4-c3cccc(-c4ccccc4)c3)cc2)cc1. The van der Waals surface area contributed by atoms with E-state index in [0.29, 0.717) is 0 Å². The fraction of sp³-hybridized carbons (Fsp3) is 0. The highest BCUT2D eigenvalue weighted by Crippen LogP contribution is 2.44. The van der Waals surface area contributed by atoms with E-state index in [-0.39, 0.29) is 0 Å². The van der Waals surface area contributed by atoms with Crippen molar-refractivity contribution in [2.24, 2.45) is 0 Å². The number of rotatable bonds is 6. The van der Waals surface area contributed by atoms with Crippen LogP contribution in [0.5, 0.6) is 0 Å². The fourth-order valence-electron chi connectivity index (χ4n) is 10.1. The number of fused-ring (bicyclic) bond motifs is 9. The molecule has 3 heteroatoms. The molecule has 3 heterocycles. The van der Waals surface area contributed by atoms with Gasteiger partial charge in [-0.15, -0.1) is 11.3 Å². The summed E-state index contributed by atoms with van der Waals surface area (Å²) < 4.78 is 7.55. The monoisotopic (exact) mass is 818 g/mol. The van der Waals surface area contributed by atoms with Crippen LogP contribution in [0.2, 0.25) is 0 Å². The van der Waals surface area contributed by atoms with Gasteiger partial charge in [0.2, 0.25) is 0 Å². The summed E-state index contributed by atoms with van der Waals surface area (Å²) in [4.78, 5) is 0. The van der Waals surface area contributed by atoms with Crippen molar-refractivity contribution in [3.8, 4) is 55.9 Å². The number of nitrogens with zero attached hydrogens (tertiary/aromatic N) is 2. The maximum Gasteiger partial charge on any atom is 0.0555 e. The van der Waals surface area contributed by atoms with Gasteiger partial charge in [0, 0.05) is 47.4 Å². The van der Waals surface area contributed by atoms with Crippen molar-refractivity contribution in [3.63, 3.8) is 0 Å². The quantitative estimate of drug-likeness (QED) is 0.158. The van der Waals surface area contributed by atoms with Crippen LogP contribution >= 0.6 is 11.3 Å². The van der Waals surface area contributed by atoms with Crippen LogP contribution in [0.4, 0.5) is 0 Å². The average Bonchev–Trinajstić information content (AvgIpc) is 4.02. The molecule has 0 fully saturated rings. The van der Waals surface area contributed by atoms with Crippen LogP contribution in [-0.4, -0.2) is 9.13 Å². The number of hydrogen-bond donors (Lipinski definition) is 0. The molecule has 0 saturated heterocycles. The highest BCUT2D eigenvalue weighted by molar-refractivity contribution is 7.25. The number of thiophene rings is 1. The molecule has 0 aliphatic rings. The van der Waals surface area contributed by atoms with Gasteiger partial charge in [-0.05, 0) is 111 Å². The topological polar surface area (TPSA) is 9.86 Å². The van der Waals surface area contributed by atoms with Crippen LogP contribution in [-0.2, 0) is 0 Å². The zero-order valence-electron chi connectivity index (χ0n) is 34.2. The second kappa shape index (κ2) is 14.3. The van der Waals surface area contributed by atoms with Gasteiger partial charge < -0.3 is 9.13 Å². The van der Waals surface area contributed by atoms with Gasteiger partial charge >= 0.3 is 0 Å². The molecule has 0 saturated carbocycles. The number of para-hydroxylation sites is 1. The van der Waals surface area contributed by atoms with Crippen LogP contribution in [0.25, 0.3) is 120 Å². The first-order chi connectivity index (χ1) is 31.2. The summed E-state index contributed by atoms with van der Waals surface area (Å²) in [6.07, 6.45) is 0. The van der Waals surface area contributed by atoms with E-state index in [4.69, 9.17) is 0 Å². The summed E-state index contributed by atoms with van der Waals surface area (Å²) in [5.74, 6) is 0. The maximum absolute atomic E-state index is 2.48. The van der Waals surface area contributed by atoms with E-state index in [1.54, 1.807) is 0 Å². The molecule has 13 rings (SSSR count). The molecule has 63 heavy (non-hydrogen) atoms. The van der Waals surface area contributed by atoms with Gasteiger partial charge in [0.1, 0.15) is 0 Å². The molecule has 0 radical (unpaired) electrons. The third kappa shape index (κ3) is 5.71. The molecule has 0 spiro atoms. The minimum Gasteiger partial charge on any atom is -0.309 e. The van der Waals surface area contributed by atoms with Gasteiger partial charge in [0.25, 0.3) is 0 Å². The zero-order valence-corrected chi connectivity index (χ0v) is 35.1. The molecule has 0 unspecified atom stereocenters. The minimum absolute atomic E-state index is 1.14. The maximum atomic E-state index is 2.48. The van der Waals surface area contributed by atoms with Gasteiger partial charge in [-0.25, -0.2) is 0 Å². The Balaban J connectivity index is 1.02. The van der Waals surface area contributed by atoms with E-state index < -0.39 is 0 Å². The van der Waals surface area contributed by atoms with E-state index in [2.05, 4.69) is 240 Å². The minimum atomic E-state index is 1.14. The van der Waals surface area contributed by atoms with E-state index >= 15 is 0 Å². The lowest BCUT2D eigenvalue weighted by atomic mass is 9.95. The van der Waals surface area contributed by atoms with Crippen molar-refractivity contribution in [2.45, 2.75) is 0 Å². The van der Waals surface area contributed by atoms with Crippen molar-refractivity contribution in [3.05, 3.63) is 231 Å². The molecule has 2 nitrogen and oxygen atoms in total. The summed E-state index contributed by atoms with van der Waals surface area (Å²) in [7, 11) is 0. The third-order valence-corrected chi connectivity index (χ3v) is 14.1. The first kappa shape index (κ1) is 35.7. The van der Waals surface area contributed by atoms with Gasteiger partial charge in [0.15, 0.2) is 0 Å². The molecular weight excluding hydrogens is 781 g/mol. The van der Waals surface area contributed by atoms with Gasteiger partial charge in [-0.2, -0.15) is 0 Å². The van der Waals surface area contributed by atoms with Gasteiger partial charge in [0.05, 0.1) is 27.8 Å². The van der Waals surface area contributed by atoms with Crippen LogP contribution < -0.4 is 0 Å². The molecule has 0 aliphatic carbocycles. The molecular formula is C60H38N2S. The van der Waals surface area contributed by atoms with Gasteiger partial charge in [-0.3, -0.25) is 0 Å². The predicted octanol–water partition coefficient (Wildman–Crippen LogP) is 16.9. The second-order valence-corrected chi connectivity index (χ2v) is 17.5. The summed E-state index contributed by atoms with van der Waals surface area (Å²) >= 11 is 1.87. The van der Waals surface area contributed by atoms with Gasteiger partial charge in [-0.1, -0.05) is 164 Å². The Morgan fingerprint density at radius 1 is 0.270 bits per heavy atom. The summed E-state index contributed by atoms with van der Waals surface area (Å²) in [6.45, 7) is 0. The largest absolute Gasteiger partial charge is 0.309 e. The molecule has 13 aromatic rings. The first-order valence-corrected chi connectivity index (χ1v) is 22.4. The van der Waals surface area contributed by atoms with E-state index in [0.717, 1.165) is 5.69 Å². The molecule has 0 atom stereocenters. The van der Waals surface area contributed by atoms with Crippen molar-refractivity contribution in [2.75, 3.05) is 0 Å². The second-order valence-electron chi connectivity index (χ2n) is 16.5. The van der Waals surface area contributed by atoms with Crippen molar-refractivity contribution >= 4 is 75.1 Å². The molecule has 0 amide bonds. The lowest BCUT2D eigenvalue weighted by Gasteiger charge is -2.11. The molecule has 10 aromatic carbocycles. The number of hydrogen-bond acceptors (Lipinski definition) is 1. The molecule has 0 N–H and O–H groups in total. The van der Waals surface area contributed by atoms with Crippen molar-refractivity contribution in [1.82, 2.24) is 9.13 Å². The normalized spacial score (nSPS) is 11.8. The van der Waals surface area contributed by atoms with Crippen molar-refractivity contribution < 1.29 is 0 Å². The van der Waals surface area contributed by atoms with Crippen molar-refractivity contribution in [1.29, 1.82) is 0 Å². The Morgan fingerprint density at radius 3 is 1.59 bits per heavy atom. The van der Waals surface area contributed by atoms with E-state index in [9.17, 15) is 0 Å². The Hall–Kier alpha value is -7.98. The summed E-state index contributed by atoms with van der Waals surface area (Å²) in [5.41, 5.74) is 16.8. The summed E-state index contributed by atoms with van der Waals surface area (Å²) in [6, 6.07) is 84.7. The molecule has 294 valence electrons. The molecule has 0 aliphatic heterocycles. The molecule has 3 aromatic heterocycles. The Kier molecular flexibility index (Phi) is 8.12. The Labute approximate surface area is 368 Å². The molecule has 0 bridgehead atoms. The standard InChI is InChI=1S/C60H38N2S/c1-3-14-39(15-4-1)41-28-30-42(31-29-41)47-22-12-24-55-59(47)51-38-45(33-35-54(51)61(55)46-19-11-18-43(36-46)40-16-5-2-6-17-40)44-32-34-53-50(37-44)48-20-7-9-23-52(48)62(53)56-25-13-27-58-60(56)49-21-8-10-26-57(49)63-58/h1-38H. The average molecular weight is 819 g/mol. The Morgan fingerprint density at radius 2 is 0.794 bits per heavy atom. The highest BCUT2D eigenvalue weighted by atomic mass is 32.1. The Bertz CT molecular complexity index is 3890. The number of aromatic nitrogens is 2. The third-order valence-electron chi connectivity index (χ3n) is 12.9. The zero-order chi connectivity index (χ0) is 41.4. The first-order valence-electron chi connectivity index (χ1n) is 21.6. The van der Waals surface area contributed by atoms with Crippen LogP contribution in [0.3, 0.4) is 0 Å². The van der Waals surface area contributed by atoms with Crippen LogP contribution in [0, 0.1) is 0 Å². The van der Waals surface area contributed by atoms with Crippen LogP contribution in [0.15, 0.2) is 231 Å². The lowest BCUT2D eigenvalue weighted by Crippen LogP contribution is -1.95. The summed E-state index contributed by atoms with van der Waals surface area (Å²) in [5, 5.41) is 7.60. The lowest BCUT2D eigenvalue weighted by molar-refractivity contribution is 1.18.